The third kappa shape index (κ3) is 3.16. The van der Waals surface area contributed by atoms with Crippen molar-refractivity contribution in [2.45, 2.75) is 11.3 Å². The van der Waals surface area contributed by atoms with Crippen LogP contribution >= 0.6 is 0 Å². The normalized spacial score (nSPS) is 23.8. The quantitative estimate of drug-likeness (QED) is 0.761. The Morgan fingerprint density at radius 3 is 2.30 bits per heavy atom. The summed E-state index contributed by atoms with van der Waals surface area (Å²) in [6.07, 6.45) is -0.440. The average molecular weight is 402 g/mol. The van der Waals surface area contributed by atoms with E-state index in [1.54, 1.807) is 18.1 Å². The van der Waals surface area contributed by atoms with Gasteiger partial charge in [0.2, 0.25) is 11.1 Å². The Balaban J connectivity index is 1.48. The number of hydrogen-bond donors (Lipinski definition) is 0. The molecule has 4 rings (SSSR count). The summed E-state index contributed by atoms with van der Waals surface area (Å²) in [7, 11) is -2.08. The van der Waals surface area contributed by atoms with Crippen LogP contribution in [0.5, 0.6) is 0 Å². The molecule has 0 aromatic carbocycles. The van der Waals surface area contributed by atoms with Crippen LogP contribution in [0.4, 0.5) is 19.1 Å². The van der Waals surface area contributed by atoms with Crippen molar-refractivity contribution in [2.75, 3.05) is 31.1 Å². The Labute approximate surface area is 153 Å². The van der Waals surface area contributed by atoms with E-state index in [0.717, 1.165) is 12.3 Å². The standard InChI is InChI=1S/C15H17F3N6O2S/c1-22-5-4-20-14(22)27(25,26)24-8-10-6-23(7-11(10)9-24)13-19-3-2-12(21-13)15(16,17)18/h2-5,10-11H,6-9H2,1H3. The van der Waals surface area contributed by atoms with E-state index >= 15 is 0 Å². The van der Waals surface area contributed by atoms with E-state index < -0.39 is 21.9 Å². The zero-order valence-corrected chi connectivity index (χ0v) is 15.2. The van der Waals surface area contributed by atoms with Crippen molar-refractivity contribution in [1.29, 1.82) is 0 Å². The Hall–Kier alpha value is -2.21. The minimum Gasteiger partial charge on any atom is -0.340 e. The predicted molar refractivity (Wildman–Crippen MR) is 88.2 cm³/mol. The number of rotatable bonds is 3. The van der Waals surface area contributed by atoms with Crippen LogP contribution in [0.15, 0.2) is 29.8 Å². The molecule has 8 nitrogen and oxygen atoms in total. The molecule has 2 aromatic rings. The second-order valence-corrected chi connectivity index (χ2v) is 8.64. The number of halogens is 3. The smallest absolute Gasteiger partial charge is 0.340 e. The Kier molecular flexibility index (Phi) is 4.14. The van der Waals surface area contributed by atoms with Crippen LogP contribution < -0.4 is 4.90 Å². The van der Waals surface area contributed by atoms with Gasteiger partial charge in [-0.15, -0.1) is 0 Å². The molecule has 2 aromatic heterocycles. The van der Waals surface area contributed by atoms with Gasteiger partial charge >= 0.3 is 6.18 Å². The van der Waals surface area contributed by atoms with Gasteiger partial charge in [0.1, 0.15) is 5.69 Å². The molecule has 0 bridgehead atoms. The van der Waals surface area contributed by atoms with Crippen LogP contribution in [0.1, 0.15) is 5.69 Å². The summed E-state index contributed by atoms with van der Waals surface area (Å²) >= 11 is 0. The van der Waals surface area contributed by atoms with Gasteiger partial charge in [-0.25, -0.2) is 23.4 Å². The van der Waals surface area contributed by atoms with E-state index in [-0.39, 0.29) is 22.9 Å². The van der Waals surface area contributed by atoms with Crippen LogP contribution in [0.3, 0.4) is 0 Å². The minimum absolute atomic E-state index is 0.0122. The lowest BCUT2D eigenvalue weighted by Crippen LogP contribution is -2.35. The maximum absolute atomic E-state index is 12.8. The van der Waals surface area contributed by atoms with Gasteiger partial charge in [-0.05, 0) is 17.9 Å². The molecule has 2 aliphatic heterocycles. The van der Waals surface area contributed by atoms with Crippen molar-refractivity contribution in [1.82, 2.24) is 23.8 Å². The summed E-state index contributed by atoms with van der Waals surface area (Å²) in [5.41, 5.74) is -0.983. The zero-order chi connectivity index (χ0) is 19.4. The third-order valence-electron chi connectivity index (χ3n) is 5.02. The van der Waals surface area contributed by atoms with E-state index in [4.69, 9.17) is 0 Å². The molecule has 0 aliphatic carbocycles. The predicted octanol–water partition coefficient (Wildman–Crippen LogP) is 0.986. The number of imidazole rings is 1. The fourth-order valence-electron chi connectivity index (χ4n) is 3.68. The van der Waals surface area contributed by atoms with Crippen molar-refractivity contribution < 1.29 is 21.6 Å². The molecule has 27 heavy (non-hydrogen) atoms. The molecule has 2 fully saturated rings. The second-order valence-electron chi connectivity index (χ2n) is 6.81. The van der Waals surface area contributed by atoms with E-state index in [2.05, 4.69) is 15.0 Å². The highest BCUT2D eigenvalue weighted by Crippen LogP contribution is 2.36. The van der Waals surface area contributed by atoms with Crippen molar-refractivity contribution in [3.8, 4) is 0 Å². The maximum atomic E-state index is 12.8. The van der Waals surface area contributed by atoms with Crippen LogP contribution in [0, 0.1) is 11.8 Å². The van der Waals surface area contributed by atoms with Gasteiger partial charge < -0.3 is 9.47 Å². The van der Waals surface area contributed by atoms with E-state index in [0.29, 0.717) is 26.2 Å². The van der Waals surface area contributed by atoms with Crippen molar-refractivity contribution in [3.63, 3.8) is 0 Å². The van der Waals surface area contributed by atoms with E-state index in [1.807, 2.05) is 0 Å². The Bertz CT molecular complexity index is 946. The summed E-state index contributed by atoms with van der Waals surface area (Å²) in [5.74, 6) is 0.0501. The highest BCUT2D eigenvalue weighted by molar-refractivity contribution is 7.89. The molecule has 0 spiro atoms. The highest BCUT2D eigenvalue weighted by atomic mass is 32.2. The lowest BCUT2D eigenvalue weighted by atomic mass is 10.0. The number of fused-ring (bicyclic) bond motifs is 1. The monoisotopic (exact) mass is 402 g/mol. The van der Waals surface area contributed by atoms with Gasteiger partial charge in [0.05, 0.1) is 0 Å². The number of hydrogen-bond acceptors (Lipinski definition) is 6. The van der Waals surface area contributed by atoms with Crippen LogP contribution in [0.2, 0.25) is 0 Å². The molecule has 2 unspecified atom stereocenters. The number of sulfonamides is 1. The molecular formula is C15H17F3N6O2S. The summed E-state index contributed by atoms with van der Waals surface area (Å²) in [6.45, 7) is 1.43. The van der Waals surface area contributed by atoms with Crippen LogP contribution in [0.25, 0.3) is 0 Å². The number of alkyl halides is 3. The first-order valence-corrected chi connectivity index (χ1v) is 9.73. The molecule has 0 amide bonds. The van der Waals surface area contributed by atoms with Gasteiger partial charge in [-0.3, -0.25) is 0 Å². The SMILES string of the molecule is Cn1ccnc1S(=O)(=O)N1CC2CN(c3nccc(C(F)(F)F)n3)CC2C1. The van der Waals surface area contributed by atoms with Crippen molar-refractivity contribution in [3.05, 3.63) is 30.4 Å². The van der Waals surface area contributed by atoms with E-state index in [1.165, 1.54) is 15.1 Å². The number of anilines is 1. The molecule has 12 heteroatoms. The molecule has 0 N–H and O–H groups in total. The maximum Gasteiger partial charge on any atom is 0.433 e. The third-order valence-corrected chi connectivity index (χ3v) is 6.85. The van der Waals surface area contributed by atoms with Gasteiger partial charge in [0, 0.05) is 51.8 Å². The number of aromatic nitrogens is 4. The molecule has 0 saturated carbocycles. The summed E-state index contributed by atoms with van der Waals surface area (Å²) < 4.78 is 66.9. The minimum atomic E-state index is -4.53. The summed E-state index contributed by atoms with van der Waals surface area (Å²) in [5, 5.41) is -0.0134. The Morgan fingerprint density at radius 2 is 1.74 bits per heavy atom. The second kappa shape index (κ2) is 6.16. The largest absolute Gasteiger partial charge is 0.433 e. The lowest BCUT2D eigenvalue weighted by Gasteiger charge is -2.21. The molecule has 2 aliphatic rings. The molecule has 2 atom stereocenters. The Morgan fingerprint density at radius 1 is 1.07 bits per heavy atom. The fourth-order valence-corrected chi connectivity index (χ4v) is 5.31. The molecule has 0 radical (unpaired) electrons. The first kappa shape index (κ1) is 18.2. The first-order valence-electron chi connectivity index (χ1n) is 8.29. The molecule has 146 valence electrons. The van der Waals surface area contributed by atoms with Crippen molar-refractivity contribution >= 4 is 16.0 Å². The molecular weight excluding hydrogens is 385 g/mol. The van der Waals surface area contributed by atoms with Gasteiger partial charge in [-0.2, -0.15) is 17.5 Å². The summed E-state index contributed by atoms with van der Waals surface area (Å²) in [6, 6.07) is 0.835. The fraction of sp³-hybridized carbons (Fsp3) is 0.533. The topological polar surface area (TPSA) is 84.2 Å². The van der Waals surface area contributed by atoms with Crippen LogP contribution in [-0.4, -0.2) is 58.4 Å². The zero-order valence-electron chi connectivity index (χ0n) is 14.3. The van der Waals surface area contributed by atoms with Gasteiger partial charge in [0.25, 0.3) is 10.0 Å². The van der Waals surface area contributed by atoms with Gasteiger partial charge in [0.15, 0.2) is 0 Å². The highest BCUT2D eigenvalue weighted by Gasteiger charge is 2.46. The number of aryl methyl sites for hydroxylation is 1. The van der Waals surface area contributed by atoms with Crippen LogP contribution in [-0.2, 0) is 23.2 Å². The molecule has 2 saturated heterocycles. The first-order chi connectivity index (χ1) is 12.7. The lowest BCUT2D eigenvalue weighted by molar-refractivity contribution is -0.141. The molecule has 4 heterocycles. The van der Waals surface area contributed by atoms with E-state index in [9.17, 15) is 21.6 Å². The number of nitrogens with zero attached hydrogens (tertiary/aromatic N) is 6. The van der Waals surface area contributed by atoms with Gasteiger partial charge in [-0.1, -0.05) is 0 Å². The average Bonchev–Trinajstić information content (AvgIpc) is 3.28. The van der Waals surface area contributed by atoms with Crippen molar-refractivity contribution in [2.24, 2.45) is 18.9 Å². The summed E-state index contributed by atoms with van der Waals surface area (Å²) in [4.78, 5) is 13.2.